The topological polar surface area (TPSA) is 101 Å². The fourth-order valence-corrected chi connectivity index (χ4v) is 3.78. The first-order chi connectivity index (χ1) is 15.9. The third-order valence-electron chi connectivity index (χ3n) is 5.41. The molecule has 33 heavy (non-hydrogen) atoms. The molecule has 0 bridgehead atoms. The number of non-ortho nitro benzene ring substituents is 1. The number of nitrogens with zero attached hydrogens (tertiary/aromatic N) is 2. The molecule has 1 aliphatic rings. The minimum absolute atomic E-state index is 0.131. The van der Waals surface area contributed by atoms with Crippen LogP contribution in [0.25, 0.3) is 6.08 Å². The van der Waals surface area contributed by atoms with Crippen LogP contribution >= 0.6 is 0 Å². The number of nitro groups is 1. The number of ketones is 1. The second-order valence-corrected chi connectivity index (χ2v) is 7.64. The van der Waals surface area contributed by atoms with Gasteiger partial charge in [-0.2, -0.15) is 0 Å². The summed E-state index contributed by atoms with van der Waals surface area (Å²) in [6.45, 7) is 1.90. The summed E-state index contributed by atoms with van der Waals surface area (Å²) in [6.07, 6.45) is 2.88. The average Bonchev–Trinajstić information content (AvgIpc) is 3.09. The van der Waals surface area contributed by atoms with Gasteiger partial charge in [-0.25, -0.2) is 0 Å². The van der Waals surface area contributed by atoms with E-state index in [-0.39, 0.29) is 11.3 Å². The standard InChI is InChI=1S/C26H20N2O5/c1-17-10-13-20(14-11-17)27-24(19-8-5-9-21(16-19)28(32)33)23(25(30)26(27)31)22(29)15-12-18-6-3-2-4-7-18/h2-16,24,30H,1H3/b15-12+/t24-/m1/s1. The minimum Gasteiger partial charge on any atom is -0.503 e. The van der Waals surface area contributed by atoms with E-state index < -0.39 is 28.4 Å². The zero-order valence-corrected chi connectivity index (χ0v) is 17.7. The maximum absolute atomic E-state index is 13.2. The highest BCUT2D eigenvalue weighted by Crippen LogP contribution is 2.41. The summed E-state index contributed by atoms with van der Waals surface area (Å²) in [5.41, 5.74) is 2.24. The second-order valence-electron chi connectivity index (χ2n) is 7.64. The Bertz CT molecular complexity index is 1290. The molecule has 1 N–H and O–H groups in total. The average molecular weight is 440 g/mol. The Labute approximate surface area is 190 Å². The molecule has 0 aliphatic carbocycles. The van der Waals surface area contributed by atoms with Crippen LogP contribution in [0.4, 0.5) is 11.4 Å². The lowest BCUT2D eigenvalue weighted by atomic mass is 9.95. The number of hydrogen-bond acceptors (Lipinski definition) is 5. The van der Waals surface area contributed by atoms with Gasteiger partial charge in [0.15, 0.2) is 11.5 Å². The Kier molecular flexibility index (Phi) is 5.87. The van der Waals surface area contributed by atoms with Crippen LogP contribution < -0.4 is 4.90 Å². The van der Waals surface area contributed by atoms with E-state index in [0.29, 0.717) is 11.3 Å². The Morgan fingerprint density at radius 1 is 1.03 bits per heavy atom. The van der Waals surface area contributed by atoms with Crippen LogP contribution in [-0.2, 0) is 9.59 Å². The van der Waals surface area contributed by atoms with Crippen molar-refractivity contribution in [3.8, 4) is 0 Å². The van der Waals surface area contributed by atoms with Crippen molar-refractivity contribution in [3.05, 3.63) is 123 Å². The number of aryl methyl sites for hydroxylation is 1. The number of benzene rings is 3. The first-order valence-electron chi connectivity index (χ1n) is 10.2. The lowest BCUT2D eigenvalue weighted by Crippen LogP contribution is -2.30. The predicted octanol–water partition coefficient (Wildman–Crippen LogP) is 5.09. The maximum Gasteiger partial charge on any atom is 0.294 e. The number of nitro benzene ring substituents is 1. The van der Waals surface area contributed by atoms with Crippen molar-refractivity contribution in [2.45, 2.75) is 13.0 Å². The Hall–Kier alpha value is -4.52. The highest BCUT2D eigenvalue weighted by Gasteiger charge is 2.44. The van der Waals surface area contributed by atoms with E-state index in [4.69, 9.17) is 0 Å². The van der Waals surface area contributed by atoms with E-state index >= 15 is 0 Å². The van der Waals surface area contributed by atoms with E-state index in [1.165, 1.54) is 29.2 Å². The Balaban J connectivity index is 1.82. The van der Waals surface area contributed by atoms with Crippen molar-refractivity contribution in [3.63, 3.8) is 0 Å². The van der Waals surface area contributed by atoms with E-state index in [0.717, 1.165) is 11.1 Å². The molecule has 3 aromatic carbocycles. The normalized spacial score (nSPS) is 16.0. The second kappa shape index (κ2) is 8.92. The van der Waals surface area contributed by atoms with Crippen molar-refractivity contribution in [2.75, 3.05) is 4.90 Å². The predicted molar refractivity (Wildman–Crippen MR) is 125 cm³/mol. The number of aliphatic hydroxyl groups excluding tert-OH is 1. The molecule has 0 saturated carbocycles. The molecule has 3 aromatic rings. The molecule has 0 unspecified atom stereocenters. The van der Waals surface area contributed by atoms with Crippen LogP contribution in [0.1, 0.15) is 22.7 Å². The number of aliphatic hydroxyl groups is 1. The molecule has 1 amide bonds. The fraction of sp³-hybridized carbons (Fsp3) is 0.0769. The molecule has 1 aliphatic heterocycles. The van der Waals surface area contributed by atoms with Crippen LogP contribution in [0.3, 0.4) is 0 Å². The number of carbonyl (C=O) groups excluding carboxylic acids is 2. The van der Waals surface area contributed by atoms with Gasteiger partial charge in [0, 0.05) is 17.8 Å². The quantitative estimate of drug-likeness (QED) is 0.327. The summed E-state index contributed by atoms with van der Waals surface area (Å²) < 4.78 is 0. The summed E-state index contributed by atoms with van der Waals surface area (Å²) in [7, 11) is 0. The molecule has 0 radical (unpaired) electrons. The zero-order chi connectivity index (χ0) is 23.5. The molecule has 0 fully saturated rings. The van der Waals surface area contributed by atoms with Gasteiger partial charge < -0.3 is 5.11 Å². The number of amides is 1. The SMILES string of the molecule is Cc1ccc(N2C(=O)C(O)=C(C(=O)/C=C/c3ccccc3)[C@H]2c2cccc([N+](=O)[O-])c2)cc1. The molecule has 1 atom stereocenters. The summed E-state index contributed by atoms with van der Waals surface area (Å²) in [4.78, 5) is 38.4. The lowest BCUT2D eigenvalue weighted by Gasteiger charge is -2.26. The van der Waals surface area contributed by atoms with Crippen LogP contribution in [0.15, 0.2) is 96.3 Å². The van der Waals surface area contributed by atoms with E-state index in [1.54, 1.807) is 36.4 Å². The van der Waals surface area contributed by atoms with E-state index in [1.807, 2.05) is 37.3 Å². The highest BCUT2D eigenvalue weighted by atomic mass is 16.6. The lowest BCUT2D eigenvalue weighted by molar-refractivity contribution is -0.384. The fourth-order valence-electron chi connectivity index (χ4n) is 3.78. The number of carbonyl (C=O) groups is 2. The van der Waals surface area contributed by atoms with Crippen molar-refractivity contribution >= 4 is 29.1 Å². The first kappa shape index (κ1) is 21.7. The number of allylic oxidation sites excluding steroid dienone is 1. The Morgan fingerprint density at radius 3 is 2.39 bits per heavy atom. The van der Waals surface area contributed by atoms with Gasteiger partial charge in [0.25, 0.3) is 11.6 Å². The van der Waals surface area contributed by atoms with E-state index in [2.05, 4.69) is 0 Å². The van der Waals surface area contributed by atoms with Gasteiger partial charge in [0.2, 0.25) is 0 Å². The summed E-state index contributed by atoms with van der Waals surface area (Å²) >= 11 is 0. The van der Waals surface area contributed by atoms with Crippen molar-refractivity contribution in [1.82, 2.24) is 0 Å². The number of hydrogen-bond donors (Lipinski definition) is 1. The molecule has 0 saturated heterocycles. The molecular formula is C26H20N2O5. The van der Waals surface area contributed by atoms with Crippen LogP contribution in [0.2, 0.25) is 0 Å². The van der Waals surface area contributed by atoms with Crippen molar-refractivity contribution in [1.29, 1.82) is 0 Å². The third-order valence-corrected chi connectivity index (χ3v) is 5.41. The number of anilines is 1. The van der Waals surface area contributed by atoms with Crippen molar-refractivity contribution < 1.29 is 19.6 Å². The molecule has 0 aromatic heterocycles. The Morgan fingerprint density at radius 2 is 1.73 bits per heavy atom. The summed E-state index contributed by atoms with van der Waals surface area (Å²) in [5.74, 6) is -1.97. The molecule has 7 heteroatoms. The molecular weight excluding hydrogens is 420 g/mol. The maximum atomic E-state index is 13.2. The minimum atomic E-state index is -1.02. The summed E-state index contributed by atoms with van der Waals surface area (Å²) in [6, 6.07) is 20.9. The molecule has 0 spiro atoms. The largest absolute Gasteiger partial charge is 0.503 e. The van der Waals surface area contributed by atoms with Gasteiger partial charge in [-0.15, -0.1) is 0 Å². The third kappa shape index (κ3) is 4.29. The van der Waals surface area contributed by atoms with Crippen LogP contribution in [0, 0.1) is 17.0 Å². The van der Waals surface area contributed by atoms with Crippen LogP contribution in [-0.4, -0.2) is 21.7 Å². The van der Waals surface area contributed by atoms with E-state index in [9.17, 15) is 24.8 Å². The van der Waals surface area contributed by atoms with Crippen LogP contribution in [0.5, 0.6) is 0 Å². The van der Waals surface area contributed by atoms with Gasteiger partial charge >= 0.3 is 0 Å². The smallest absolute Gasteiger partial charge is 0.294 e. The zero-order valence-electron chi connectivity index (χ0n) is 17.7. The van der Waals surface area contributed by atoms with Gasteiger partial charge in [0.1, 0.15) is 0 Å². The monoisotopic (exact) mass is 440 g/mol. The molecule has 4 rings (SSSR count). The molecule has 164 valence electrons. The van der Waals surface area contributed by atoms with Gasteiger partial charge in [-0.05, 0) is 36.3 Å². The number of rotatable bonds is 6. The van der Waals surface area contributed by atoms with Gasteiger partial charge in [-0.3, -0.25) is 24.6 Å². The van der Waals surface area contributed by atoms with Crippen molar-refractivity contribution in [2.24, 2.45) is 0 Å². The molecule has 1 heterocycles. The summed E-state index contributed by atoms with van der Waals surface area (Å²) in [5, 5.41) is 22.1. The molecule has 7 nitrogen and oxygen atoms in total. The highest BCUT2D eigenvalue weighted by molar-refractivity contribution is 6.19. The first-order valence-corrected chi connectivity index (χ1v) is 10.2. The van der Waals surface area contributed by atoms with Gasteiger partial charge in [-0.1, -0.05) is 66.2 Å². The van der Waals surface area contributed by atoms with Gasteiger partial charge in [0.05, 0.1) is 16.5 Å².